The van der Waals surface area contributed by atoms with Crippen molar-refractivity contribution in [3.63, 3.8) is 0 Å². The predicted octanol–water partition coefficient (Wildman–Crippen LogP) is 3.23. The van der Waals surface area contributed by atoms with Gasteiger partial charge in [-0.25, -0.2) is 9.78 Å². The van der Waals surface area contributed by atoms with Crippen LogP contribution in [0.2, 0.25) is 5.02 Å². The highest BCUT2D eigenvalue weighted by Gasteiger charge is 2.04. The lowest BCUT2D eigenvalue weighted by Gasteiger charge is -2.05. The van der Waals surface area contributed by atoms with Gasteiger partial charge in [-0.15, -0.1) is 0 Å². The monoisotopic (exact) mass is 249 g/mol. The minimum absolute atomic E-state index is 0.0246. The van der Waals surface area contributed by atoms with Gasteiger partial charge in [0.1, 0.15) is 17.2 Å². The molecule has 2 aromatic rings. The lowest BCUT2D eigenvalue weighted by atomic mass is 10.3. The van der Waals surface area contributed by atoms with Crippen LogP contribution in [-0.4, -0.2) is 16.1 Å². The standard InChI is InChI=1S/C12H8ClNO3/c13-8-2-1-3-9(6-8)17-10-4-5-11(12(15)16)14-7-10/h1-7H,(H,15,16). The molecule has 0 amide bonds. The van der Waals surface area contributed by atoms with E-state index in [1.54, 1.807) is 24.3 Å². The molecule has 0 unspecified atom stereocenters. The number of hydrogen-bond acceptors (Lipinski definition) is 3. The first-order valence-electron chi connectivity index (χ1n) is 4.78. The molecule has 0 aliphatic rings. The fraction of sp³-hybridized carbons (Fsp3) is 0. The molecule has 5 heteroatoms. The topological polar surface area (TPSA) is 59.4 Å². The van der Waals surface area contributed by atoms with E-state index in [0.717, 1.165) is 0 Å². The molecule has 0 radical (unpaired) electrons. The Balaban J connectivity index is 2.16. The van der Waals surface area contributed by atoms with Crippen molar-refractivity contribution in [2.45, 2.75) is 0 Å². The van der Waals surface area contributed by atoms with Gasteiger partial charge in [-0.05, 0) is 30.3 Å². The van der Waals surface area contributed by atoms with Gasteiger partial charge in [-0.2, -0.15) is 0 Å². The second-order valence-electron chi connectivity index (χ2n) is 3.24. The minimum Gasteiger partial charge on any atom is -0.477 e. The summed E-state index contributed by atoms with van der Waals surface area (Å²) in [5, 5.41) is 9.25. The molecule has 0 spiro atoms. The number of ether oxygens (including phenoxy) is 1. The molecule has 17 heavy (non-hydrogen) atoms. The van der Waals surface area contributed by atoms with Crippen LogP contribution in [0.25, 0.3) is 0 Å². The van der Waals surface area contributed by atoms with E-state index in [2.05, 4.69) is 4.98 Å². The summed E-state index contributed by atoms with van der Waals surface area (Å²) < 4.78 is 5.45. The van der Waals surface area contributed by atoms with Crippen molar-refractivity contribution in [2.75, 3.05) is 0 Å². The SMILES string of the molecule is O=C(O)c1ccc(Oc2cccc(Cl)c2)cn1. The van der Waals surface area contributed by atoms with Gasteiger partial charge in [-0.3, -0.25) is 0 Å². The van der Waals surface area contributed by atoms with Crippen LogP contribution in [0.15, 0.2) is 42.6 Å². The van der Waals surface area contributed by atoms with Crippen molar-refractivity contribution in [3.8, 4) is 11.5 Å². The van der Waals surface area contributed by atoms with Crippen molar-refractivity contribution in [3.05, 3.63) is 53.3 Å². The number of aromatic carboxylic acids is 1. The van der Waals surface area contributed by atoms with Crippen LogP contribution in [0, 0.1) is 0 Å². The van der Waals surface area contributed by atoms with E-state index in [1.165, 1.54) is 18.3 Å². The molecule has 0 aliphatic heterocycles. The van der Waals surface area contributed by atoms with Gasteiger partial charge in [-0.1, -0.05) is 17.7 Å². The van der Waals surface area contributed by atoms with Crippen LogP contribution in [0.1, 0.15) is 10.5 Å². The zero-order chi connectivity index (χ0) is 12.3. The van der Waals surface area contributed by atoms with Gasteiger partial charge in [0.2, 0.25) is 0 Å². The maximum Gasteiger partial charge on any atom is 0.354 e. The first-order valence-corrected chi connectivity index (χ1v) is 5.16. The van der Waals surface area contributed by atoms with Crippen molar-refractivity contribution >= 4 is 17.6 Å². The number of rotatable bonds is 3. The minimum atomic E-state index is -1.07. The molecule has 0 aliphatic carbocycles. The molecule has 0 atom stereocenters. The van der Waals surface area contributed by atoms with Crippen molar-refractivity contribution in [1.82, 2.24) is 4.98 Å². The van der Waals surface area contributed by atoms with Crippen LogP contribution in [0.5, 0.6) is 11.5 Å². The zero-order valence-corrected chi connectivity index (χ0v) is 9.39. The molecule has 2 rings (SSSR count). The molecule has 4 nitrogen and oxygen atoms in total. The second kappa shape index (κ2) is 4.84. The smallest absolute Gasteiger partial charge is 0.354 e. The second-order valence-corrected chi connectivity index (χ2v) is 3.68. The summed E-state index contributed by atoms with van der Waals surface area (Å²) in [6.07, 6.45) is 1.35. The molecule has 1 N–H and O–H groups in total. The lowest BCUT2D eigenvalue weighted by molar-refractivity contribution is 0.0690. The van der Waals surface area contributed by atoms with E-state index in [-0.39, 0.29) is 5.69 Å². The fourth-order valence-electron chi connectivity index (χ4n) is 1.23. The Labute approximate surface area is 102 Å². The summed E-state index contributed by atoms with van der Waals surface area (Å²) in [4.78, 5) is 14.3. The van der Waals surface area contributed by atoms with E-state index in [0.29, 0.717) is 16.5 Å². The van der Waals surface area contributed by atoms with E-state index < -0.39 is 5.97 Å². The van der Waals surface area contributed by atoms with Crippen LogP contribution in [0.3, 0.4) is 0 Å². The Bertz CT molecular complexity index is 540. The van der Waals surface area contributed by atoms with Crippen molar-refractivity contribution < 1.29 is 14.6 Å². The number of nitrogens with zero attached hydrogens (tertiary/aromatic N) is 1. The average Bonchev–Trinajstić information content (AvgIpc) is 2.29. The highest BCUT2D eigenvalue weighted by atomic mass is 35.5. The molecule has 1 aromatic heterocycles. The van der Waals surface area contributed by atoms with Crippen LogP contribution in [-0.2, 0) is 0 Å². The highest BCUT2D eigenvalue weighted by Crippen LogP contribution is 2.23. The highest BCUT2D eigenvalue weighted by molar-refractivity contribution is 6.30. The van der Waals surface area contributed by atoms with Gasteiger partial charge < -0.3 is 9.84 Å². The third kappa shape index (κ3) is 2.95. The van der Waals surface area contributed by atoms with Gasteiger partial charge in [0, 0.05) is 5.02 Å². The Morgan fingerprint density at radius 1 is 1.24 bits per heavy atom. The quantitative estimate of drug-likeness (QED) is 0.907. The number of carboxylic acids is 1. The third-order valence-electron chi connectivity index (χ3n) is 1.99. The Kier molecular flexibility index (Phi) is 3.25. The maximum atomic E-state index is 10.6. The Morgan fingerprint density at radius 3 is 2.65 bits per heavy atom. The summed E-state index contributed by atoms with van der Waals surface area (Å²) in [6.45, 7) is 0. The number of carbonyl (C=O) groups is 1. The number of hydrogen-bond donors (Lipinski definition) is 1. The van der Waals surface area contributed by atoms with Crippen molar-refractivity contribution in [2.24, 2.45) is 0 Å². The average molecular weight is 250 g/mol. The summed E-state index contributed by atoms with van der Waals surface area (Å²) in [7, 11) is 0. The van der Waals surface area contributed by atoms with Gasteiger partial charge in [0.15, 0.2) is 0 Å². The molecule has 0 fully saturated rings. The third-order valence-corrected chi connectivity index (χ3v) is 2.22. The Morgan fingerprint density at radius 2 is 2.06 bits per heavy atom. The van der Waals surface area contributed by atoms with Gasteiger partial charge in [0.25, 0.3) is 0 Å². The maximum absolute atomic E-state index is 10.6. The van der Waals surface area contributed by atoms with E-state index in [1.807, 2.05) is 0 Å². The zero-order valence-electron chi connectivity index (χ0n) is 8.63. The normalized spacial score (nSPS) is 9.94. The van der Waals surface area contributed by atoms with Crippen LogP contribution >= 0.6 is 11.6 Å². The van der Waals surface area contributed by atoms with Gasteiger partial charge >= 0.3 is 5.97 Å². The predicted molar refractivity (Wildman–Crippen MR) is 62.7 cm³/mol. The van der Waals surface area contributed by atoms with E-state index in [4.69, 9.17) is 21.4 Å². The van der Waals surface area contributed by atoms with Crippen LogP contribution in [0.4, 0.5) is 0 Å². The van der Waals surface area contributed by atoms with Gasteiger partial charge in [0.05, 0.1) is 6.20 Å². The number of benzene rings is 1. The van der Waals surface area contributed by atoms with Crippen molar-refractivity contribution in [1.29, 1.82) is 0 Å². The molecule has 0 saturated heterocycles. The largest absolute Gasteiger partial charge is 0.477 e. The lowest BCUT2D eigenvalue weighted by Crippen LogP contribution is -1.99. The number of pyridine rings is 1. The Hall–Kier alpha value is -2.07. The molecule has 0 bridgehead atoms. The molecule has 1 heterocycles. The summed E-state index contributed by atoms with van der Waals surface area (Å²) in [5.41, 5.74) is -0.0246. The summed E-state index contributed by atoms with van der Waals surface area (Å²) >= 11 is 5.80. The molecule has 86 valence electrons. The van der Waals surface area contributed by atoms with E-state index >= 15 is 0 Å². The molecular weight excluding hydrogens is 242 g/mol. The summed E-state index contributed by atoms with van der Waals surface area (Å²) in [5.74, 6) is -0.0426. The number of halogens is 1. The molecule has 0 saturated carbocycles. The first kappa shape index (κ1) is 11.4. The van der Waals surface area contributed by atoms with E-state index in [9.17, 15) is 4.79 Å². The molecule has 1 aromatic carbocycles. The fourth-order valence-corrected chi connectivity index (χ4v) is 1.41. The number of carboxylic acid groups (broad SMARTS) is 1. The first-order chi connectivity index (χ1) is 8.15. The molecular formula is C12H8ClNO3. The van der Waals surface area contributed by atoms with Crippen LogP contribution < -0.4 is 4.74 Å². The summed E-state index contributed by atoms with van der Waals surface area (Å²) in [6, 6.07) is 9.82. The number of aromatic nitrogens is 1.